The van der Waals surface area contributed by atoms with E-state index in [0.29, 0.717) is 31.5 Å². The minimum Gasteiger partial charge on any atom is -0.480 e. The van der Waals surface area contributed by atoms with Crippen molar-refractivity contribution in [1.29, 1.82) is 0 Å². The van der Waals surface area contributed by atoms with Crippen molar-refractivity contribution in [2.24, 2.45) is 5.92 Å². The first-order valence-electron chi connectivity index (χ1n) is 8.00. The van der Waals surface area contributed by atoms with E-state index in [0.717, 1.165) is 19.5 Å². The predicted octanol–water partition coefficient (Wildman–Crippen LogP) is 1.37. The molecule has 2 aliphatic rings. The SMILES string of the molecule is CC1CCN(C(=O)NCC(C)N2CCCC2)C(C(=O)O)C1. The topological polar surface area (TPSA) is 72.9 Å². The summed E-state index contributed by atoms with van der Waals surface area (Å²) in [4.78, 5) is 27.5. The number of piperidine rings is 1. The van der Waals surface area contributed by atoms with Crippen molar-refractivity contribution in [3.63, 3.8) is 0 Å². The summed E-state index contributed by atoms with van der Waals surface area (Å²) in [7, 11) is 0. The fourth-order valence-corrected chi connectivity index (χ4v) is 3.27. The van der Waals surface area contributed by atoms with Crippen molar-refractivity contribution in [2.75, 3.05) is 26.2 Å². The molecular weight excluding hydrogens is 270 g/mol. The van der Waals surface area contributed by atoms with Crippen LogP contribution in [0.15, 0.2) is 0 Å². The standard InChI is InChI=1S/C15H27N3O3/c1-11-5-8-18(13(9-11)14(19)20)15(21)16-10-12(2)17-6-3-4-7-17/h11-13H,3-10H2,1-2H3,(H,16,21)(H,19,20). The predicted molar refractivity (Wildman–Crippen MR) is 80.2 cm³/mol. The molecule has 0 saturated carbocycles. The van der Waals surface area contributed by atoms with Crippen molar-refractivity contribution in [3.05, 3.63) is 0 Å². The maximum atomic E-state index is 12.3. The Morgan fingerprint density at radius 1 is 1.29 bits per heavy atom. The molecule has 2 amide bonds. The molecule has 2 rings (SSSR count). The van der Waals surface area contributed by atoms with Crippen molar-refractivity contribution in [3.8, 4) is 0 Å². The van der Waals surface area contributed by atoms with E-state index in [4.69, 9.17) is 0 Å². The summed E-state index contributed by atoms with van der Waals surface area (Å²) in [5.41, 5.74) is 0. The summed E-state index contributed by atoms with van der Waals surface area (Å²) in [5.74, 6) is -0.539. The number of hydrogen-bond acceptors (Lipinski definition) is 3. The lowest BCUT2D eigenvalue weighted by Crippen LogP contribution is -2.54. The van der Waals surface area contributed by atoms with Crippen molar-refractivity contribution in [2.45, 2.75) is 51.6 Å². The molecular formula is C15H27N3O3. The van der Waals surface area contributed by atoms with Gasteiger partial charge in [-0.25, -0.2) is 9.59 Å². The number of hydrogen-bond donors (Lipinski definition) is 2. The zero-order valence-electron chi connectivity index (χ0n) is 13.0. The molecule has 120 valence electrons. The first-order valence-corrected chi connectivity index (χ1v) is 8.00. The van der Waals surface area contributed by atoms with Crippen LogP contribution < -0.4 is 5.32 Å². The van der Waals surface area contributed by atoms with Gasteiger partial charge < -0.3 is 15.3 Å². The molecule has 0 aromatic heterocycles. The van der Waals surface area contributed by atoms with Gasteiger partial charge >= 0.3 is 12.0 Å². The van der Waals surface area contributed by atoms with Gasteiger partial charge in [-0.2, -0.15) is 0 Å². The zero-order valence-corrected chi connectivity index (χ0v) is 13.0. The molecule has 2 heterocycles. The quantitative estimate of drug-likeness (QED) is 0.822. The number of likely N-dealkylation sites (tertiary alicyclic amines) is 2. The Morgan fingerprint density at radius 2 is 1.95 bits per heavy atom. The lowest BCUT2D eigenvalue weighted by atomic mass is 9.93. The lowest BCUT2D eigenvalue weighted by molar-refractivity contribution is -0.143. The van der Waals surface area contributed by atoms with E-state index in [1.807, 2.05) is 6.92 Å². The summed E-state index contributed by atoms with van der Waals surface area (Å²) in [6, 6.07) is -0.611. The Kier molecular flexibility index (Phi) is 5.45. The third kappa shape index (κ3) is 4.09. The molecule has 0 aromatic rings. The largest absolute Gasteiger partial charge is 0.480 e. The molecule has 3 atom stereocenters. The van der Waals surface area contributed by atoms with Gasteiger partial charge in [-0.3, -0.25) is 4.90 Å². The number of urea groups is 1. The Labute approximate surface area is 126 Å². The van der Waals surface area contributed by atoms with Crippen LogP contribution in [0.4, 0.5) is 4.79 Å². The highest BCUT2D eigenvalue weighted by molar-refractivity contribution is 5.82. The van der Waals surface area contributed by atoms with Gasteiger partial charge in [-0.1, -0.05) is 6.92 Å². The average Bonchev–Trinajstić information content (AvgIpc) is 2.98. The number of carbonyl (C=O) groups is 2. The number of aliphatic carboxylic acids is 1. The molecule has 2 fully saturated rings. The summed E-state index contributed by atoms with van der Waals surface area (Å²) in [6.45, 7) is 7.45. The average molecular weight is 297 g/mol. The maximum Gasteiger partial charge on any atom is 0.326 e. The van der Waals surface area contributed by atoms with Gasteiger partial charge in [0.05, 0.1) is 0 Å². The van der Waals surface area contributed by atoms with Gasteiger partial charge in [0.15, 0.2) is 0 Å². The van der Waals surface area contributed by atoms with E-state index in [9.17, 15) is 14.7 Å². The number of carboxylic acids is 1. The molecule has 0 aliphatic carbocycles. The number of nitrogens with zero attached hydrogens (tertiary/aromatic N) is 2. The van der Waals surface area contributed by atoms with E-state index in [2.05, 4.69) is 17.1 Å². The second-order valence-corrected chi connectivity index (χ2v) is 6.46. The van der Waals surface area contributed by atoms with E-state index in [1.54, 1.807) is 0 Å². The van der Waals surface area contributed by atoms with Gasteiger partial charge in [0.2, 0.25) is 0 Å². The molecule has 6 nitrogen and oxygen atoms in total. The molecule has 2 aliphatic heterocycles. The van der Waals surface area contributed by atoms with Crippen molar-refractivity contribution in [1.82, 2.24) is 15.1 Å². The molecule has 21 heavy (non-hydrogen) atoms. The Hall–Kier alpha value is -1.30. The smallest absolute Gasteiger partial charge is 0.326 e. The van der Waals surface area contributed by atoms with E-state index in [1.165, 1.54) is 17.7 Å². The van der Waals surface area contributed by atoms with E-state index >= 15 is 0 Å². The van der Waals surface area contributed by atoms with Crippen LogP contribution in [0.1, 0.15) is 39.5 Å². The fourth-order valence-electron chi connectivity index (χ4n) is 3.27. The van der Waals surface area contributed by atoms with Crippen LogP contribution >= 0.6 is 0 Å². The number of amides is 2. The Morgan fingerprint density at radius 3 is 2.57 bits per heavy atom. The molecule has 0 bridgehead atoms. The summed E-state index contributed by atoms with van der Waals surface area (Å²) >= 11 is 0. The summed E-state index contributed by atoms with van der Waals surface area (Å²) < 4.78 is 0. The zero-order chi connectivity index (χ0) is 15.4. The first kappa shape index (κ1) is 16.1. The van der Waals surface area contributed by atoms with Crippen LogP contribution in [-0.4, -0.2) is 65.2 Å². The number of nitrogens with one attached hydrogen (secondary N) is 1. The minimum atomic E-state index is -0.899. The number of carbonyl (C=O) groups excluding carboxylic acids is 1. The molecule has 6 heteroatoms. The lowest BCUT2D eigenvalue weighted by Gasteiger charge is -2.36. The van der Waals surface area contributed by atoms with Gasteiger partial charge in [0.1, 0.15) is 6.04 Å². The second-order valence-electron chi connectivity index (χ2n) is 6.46. The molecule has 0 spiro atoms. The highest BCUT2D eigenvalue weighted by atomic mass is 16.4. The van der Waals surface area contributed by atoms with Gasteiger partial charge in [0, 0.05) is 19.1 Å². The van der Waals surface area contributed by atoms with Crippen molar-refractivity contribution < 1.29 is 14.7 Å². The fraction of sp³-hybridized carbons (Fsp3) is 0.867. The minimum absolute atomic E-state index is 0.236. The third-order valence-corrected chi connectivity index (χ3v) is 4.72. The number of rotatable bonds is 4. The maximum absolute atomic E-state index is 12.3. The molecule has 2 saturated heterocycles. The third-order valence-electron chi connectivity index (χ3n) is 4.72. The molecule has 0 aromatic carbocycles. The molecule has 3 unspecified atom stereocenters. The molecule has 0 radical (unpaired) electrons. The van der Waals surface area contributed by atoms with Gasteiger partial charge in [0.25, 0.3) is 0 Å². The second kappa shape index (κ2) is 7.11. The first-order chi connectivity index (χ1) is 9.99. The van der Waals surface area contributed by atoms with E-state index < -0.39 is 12.0 Å². The van der Waals surface area contributed by atoms with E-state index in [-0.39, 0.29) is 6.03 Å². The molecule has 2 N–H and O–H groups in total. The Bertz CT molecular complexity index is 382. The van der Waals surface area contributed by atoms with Crippen LogP contribution in [0, 0.1) is 5.92 Å². The highest BCUT2D eigenvalue weighted by Crippen LogP contribution is 2.22. The van der Waals surface area contributed by atoms with Crippen molar-refractivity contribution >= 4 is 12.0 Å². The monoisotopic (exact) mass is 297 g/mol. The van der Waals surface area contributed by atoms with Crippen LogP contribution in [-0.2, 0) is 4.79 Å². The van der Waals surface area contributed by atoms with Crippen LogP contribution in [0.5, 0.6) is 0 Å². The number of carboxylic acid groups (broad SMARTS) is 1. The highest BCUT2D eigenvalue weighted by Gasteiger charge is 2.34. The Balaban J connectivity index is 1.84. The summed E-state index contributed by atoms with van der Waals surface area (Å²) in [6.07, 6.45) is 3.87. The van der Waals surface area contributed by atoms with Crippen LogP contribution in [0.3, 0.4) is 0 Å². The summed E-state index contributed by atoms with van der Waals surface area (Å²) in [5, 5.41) is 12.2. The van der Waals surface area contributed by atoms with Gasteiger partial charge in [-0.15, -0.1) is 0 Å². The van der Waals surface area contributed by atoms with Crippen LogP contribution in [0.25, 0.3) is 0 Å². The normalized spacial score (nSPS) is 28.4. The van der Waals surface area contributed by atoms with Crippen LogP contribution in [0.2, 0.25) is 0 Å². The van der Waals surface area contributed by atoms with Gasteiger partial charge in [-0.05, 0) is 51.6 Å².